The number of hydrogen-bond acceptors (Lipinski definition) is 5. The first kappa shape index (κ1) is 17.8. The fourth-order valence-electron chi connectivity index (χ4n) is 2.57. The number of carbonyl (C=O) groups is 1. The summed E-state index contributed by atoms with van der Waals surface area (Å²) in [4.78, 5) is 18.6. The summed E-state index contributed by atoms with van der Waals surface area (Å²) in [5.41, 5.74) is 3.35. The summed E-state index contributed by atoms with van der Waals surface area (Å²) >= 11 is 0. The zero-order chi connectivity index (χ0) is 18.5. The van der Waals surface area contributed by atoms with Crippen molar-refractivity contribution < 1.29 is 9.32 Å². The quantitative estimate of drug-likeness (QED) is 0.737. The average molecular weight is 350 g/mol. The van der Waals surface area contributed by atoms with Crippen molar-refractivity contribution in [1.82, 2.24) is 15.0 Å². The van der Waals surface area contributed by atoms with Gasteiger partial charge in [-0.1, -0.05) is 23.4 Å². The maximum Gasteiger partial charge on any atom is 0.241 e. The molecule has 2 heterocycles. The van der Waals surface area contributed by atoms with Gasteiger partial charge in [0.25, 0.3) is 0 Å². The van der Waals surface area contributed by atoms with E-state index in [9.17, 15) is 4.79 Å². The van der Waals surface area contributed by atoms with E-state index in [0.717, 1.165) is 16.9 Å². The van der Waals surface area contributed by atoms with Crippen LogP contribution in [0, 0.1) is 6.92 Å². The fourth-order valence-corrected chi connectivity index (χ4v) is 2.57. The topological polar surface area (TPSA) is 71.3 Å². The predicted octanol–water partition coefficient (Wildman–Crippen LogP) is 3.50. The van der Waals surface area contributed by atoms with E-state index in [-0.39, 0.29) is 11.9 Å². The number of aromatic nitrogens is 2. The summed E-state index contributed by atoms with van der Waals surface area (Å²) in [6, 6.07) is 14.9. The van der Waals surface area contributed by atoms with Crippen molar-refractivity contribution >= 4 is 11.6 Å². The van der Waals surface area contributed by atoms with Crippen molar-refractivity contribution in [2.24, 2.45) is 0 Å². The van der Waals surface area contributed by atoms with E-state index >= 15 is 0 Å². The van der Waals surface area contributed by atoms with E-state index in [1.165, 1.54) is 0 Å². The molecule has 0 spiro atoms. The molecule has 0 fully saturated rings. The molecule has 134 valence electrons. The molecule has 1 amide bonds. The number of likely N-dealkylation sites (N-methyl/N-ethyl adjacent to an activating group) is 1. The number of nitrogens with zero attached hydrogens (tertiary/aromatic N) is 3. The SMILES string of the molecule is Cc1cccc(NC(=O)C(C)N(C)Cc2cc(-c3ccccn3)no2)c1. The Morgan fingerprint density at radius 3 is 2.77 bits per heavy atom. The lowest BCUT2D eigenvalue weighted by molar-refractivity contribution is -0.120. The highest BCUT2D eigenvalue weighted by molar-refractivity contribution is 5.94. The molecule has 1 unspecified atom stereocenters. The summed E-state index contributed by atoms with van der Waals surface area (Å²) in [5, 5.41) is 7.00. The zero-order valence-corrected chi connectivity index (χ0v) is 15.1. The normalized spacial score (nSPS) is 12.2. The minimum absolute atomic E-state index is 0.0671. The lowest BCUT2D eigenvalue weighted by Gasteiger charge is -2.22. The van der Waals surface area contributed by atoms with Gasteiger partial charge in [-0.05, 0) is 50.7 Å². The second-order valence-corrected chi connectivity index (χ2v) is 6.34. The second-order valence-electron chi connectivity index (χ2n) is 6.34. The first-order valence-corrected chi connectivity index (χ1v) is 8.47. The molecule has 0 aliphatic rings. The number of pyridine rings is 1. The Bertz CT molecular complexity index is 876. The van der Waals surface area contributed by atoms with Crippen LogP contribution in [0.25, 0.3) is 11.4 Å². The molecule has 26 heavy (non-hydrogen) atoms. The third-order valence-electron chi connectivity index (χ3n) is 4.22. The van der Waals surface area contributed by atoms with Gasteiger partial charge in [0.2, 0.25) is 5.91 Å². The van der Waals surface area contributed by atoms with Crippen LogP contribution >= 0.6 is 0 Å². The Kier molecular flexibility index (Phi) is 5.43. The fraction of sp³-hybridized carbons (Fsp3) is 0.250. The molecule has 0 saturated heterocycles. The van der Waals surface area contributed by atoms with Gasteiger partial charge in [0.05, 0.1) is 18.3 Å². The van der Waals surface area contributed by atoms with Gasteiger partial charge in [-0.3, -0.25) is 14.7 Å². The van der Waals surface area contributed by atoms with E-state index in [0.29, 0.717) is 18.0 Å². The predicted molar refractivity (Wildman–Crippen MR) is 100 cm³/mol. The van der Waals surface area contributed by atoms with Crippen LogP contribution in [-0.2, 0) is 11.3 Å². The van der Waals surface area contributed by atoms with Crippen LogP contribution in [0.5, 0.6) is 0 Å². The molecular formula is C20H22N4O2. The van der Waals surface area contributed by atoms with Gasteiger partial charge < -0.3 is 9.84 Å². The van der Waals surface area contributed by atoms with Crippen LogP contribution in [-0.4, -0.2) is 34.0 Å². The molecule has 6 heteroatoms. The third-order valence-corrected chi connectivity index (χ3v) is 4.22. The highest BCUT2D eigenvalue weighted by Gasteiger charge is 2.20. The largest absolute Gasteiger partial charge is 0.359 e. The summed E-state index contributed by atoms with van der Waals surface area (Å²) in [7, 11) is 1.88. The molecule has 0 radical (unpaired) electrons. The number of benzene rings is 1. The molecule has 0 aliphatic carbocycles. The number of rotatable bonds is 6. The van der Waals surface area contributed by atoms with Gasteiger partial charge in [-0.2, -0.15) is 0 Å². The molecule has 2 aromatic heterocycles. The summed E-state index contributed by atoms with van der Waals surface area (Å²) in [6.45, 7) is 4.33. The Balaban J connectivity index is 1.61. The lowest BCUT2D eigenvalue weighted by atomic mass is 10.2. The highest BCUT2D eigenvalue weighted by Crippen LogP contribution is 2.18. The molecule has 0 saturated carbocycles. The average Bonchev–Trinajstić information content (AvgIpc) is 3.10. The number of carbonyl (C=O) groups excluding carboxylic acids is 1. The maximum absolute atomic E-state index is 12.5. The molecule has 3 rings (SSSR count). The van der Waals surface area contributed by atoms with Gasteiger partial charge in [0.1, 0.15) is 5.69 Å². The third kappa shape index (κ3) is 4.34. The lowest BCUT2D eigenvalue weighted by Crippen LogP contribution is -2.39. The molecule has 6 nitrogen and oxygen atoms in total. The summed E-state index contributed by atoms with van der Waals surface area (Å²) in [5.74, 6) is 0.617. The van der Waals surface area contributed by atoms with Gasteiger partial charge in [-0.15, -0.1) is 0 Å². The molecular weight excluding hydrogens is 328 g/mol. The van der Waals surface area contributed by atoms with Crippen LogP contribution in [0.1, 0.15) is 18.2 Å². The maximum atomic E-state index is 12.5. The molecule has 0 aliphatic heterocycles. The van der Waals surface area contributed by atoms with Crippen molar-refractivity contribution in [3.63, 3.8) is 0 Å². The second kappa shape index (κ2) is 7.93. The zero-order valence-electron chi connectivity index (χ0n) is 15.1. The van der Waals surface area contributed by atoms with Crippen molar-refractivity contribution in [3.05, 3.63) is 66.1 Å². The standard InChI is InChI=1S/C20H22N4O2/c1-14-7-6-8-16(11-14)22-20(25)15(2)24(3)13-17-12-19(23-26-17)18-9-4-5-10-21-18/h4-12,15H,13H2,1-3H3,(H,22,25). The summed E-state index contributed by atoms with van der Waals surface area (Å²) in [6.07, 6.45) is 1.72. The number of amides is 1. The first-order chi connectivity index (χ1) is 12.5. The monoisotopic (exact) mass is 350 g/mol. The van der Waals surface area contributed by atoms with Crippen molar-refractivity contribution in [1.29, 1.82) is 0 Å². The van der Waals surface area contributed by atoms with Crippen LogP contribution in [0.2, 0.25) is 0 Å². The first-order valence-electron chi connectivity index (χ1n) is 8.47. The minimum Gasteiger partial charge on any atom is -0.359 e. The Labute approximate surface area is 152 Å². The molecule has 1 aromatic carbocycles. The van der Waals surface area contributed by atoms with E-state index in [1.807, 2.05) is 74.3 Å². The number of hydrogen-bond donors (Lipinski definition) is 1. The Morgan fingerprint density at radius 1 is 1.19 bits per heavy atom. The van der Waals surface area contributed by atoms with Crippen molar-refractivity contribution in [3.8, 4) is 11.4 Å². The van der Waals surface area contributed by atoms with Gasteiger partial charge >= 0.3 is 0 Å². The minimum atomic E-state index is -0.320. The van der Waals surface area contributed by atoms with Crippen LogP contribution in [0.15, 0.2) is 59.3 Å². The van der Waals surface area contributed by atoms with E-state index in [4.69, 9.17) is 4.52 Å². The van der Waals surface area contributed by atoms with Gasteiger partial charge in [0.15, 0.2) is 5.76 Å². The van der Waals surface area contributed by atoms with E-state index in [1.54, 1.807) is 6.20 Å². The molecule has 1 N–H and O–H groups in total. The van der Waals surface area contributed by atoms with Crippen molar-refractivity contribution in [2.75, 3.05) is 12.4 Å². The van der Waals surface area contributed by atoms with Crippen LogP contribution < -0.4 is 5.32 Å². The Morgan fingerprint density at radius 2 is 2.04 bits per heavy atom. The molecule has 1 atom stereocenters. The van der Waals surface area contributed by atoms with Crippen molar-refractivity contribution in [2.45, 2.75) is 26.4 Å². The highest BCUT2D eigenvalue weighted by atomic mass is 16.5. The van der Waals surface area contributed by atoms with E-state index in [2.05, 4.69) is 15.5 Å². The van der Waals surface area contributed by atoms with E-state index < -0.39 is 0 Å². The Hall–Kier alpha value is -2.99. The molecule has 3 aromatic rings. The summed E-state index contributed by atoms with van der Waals surface area (Å²) < 4.78 is 5.39. The number of nitrogens with one attached hydrogen (secondary N) is 1. The number of aryl methyl sites for hydroxylation is 1. The number of anilines is 1. The molecule has 0 bridgehead atoms. The van der Waals surface area contributed by atoms with Crippen LogP contribution in [0.3, 0.4) is 0 Å². The van der Waals surface area contributed by atoms with Gasteiger partial charge in [0, 0.05) is 18.0 Å². The van der Waals surface area contributed by atoms with Crippen LogP contribution in [0.4, 0.5) is 5.69 Å². The van der Waals surface area contributed by atoms with Gasteiger partial charge in [-0.25, -0.2) is 0 Å². The smallest absolute Gasteiger partial charge is 0.241 e.